The molecule has 0 aliphatic carbocycles. The maximum Gasteiger partial charge on any atom is 0.133 e. The van der Waals surface area contributed by atoms with Crippen LogP contribution in [0.1, 0.15) is 19.8 Å². The predicted octanol–water partition coefficient (Wildman–Crippen LogP) is 2.46. The zero-order valence-electron chi connectivity index (χ0n) is 10.8. The van der Waals surface area contributed by atoms with Gasteiger partial charge < -0.3 is 16.0 Å². The van der Waals surface area contributed by atoms with Crippen molar-refractivity contribution in [3.63, 3.8) is 0 Å². The minimum absolute atomic E-state index is 0.443. The Labute approximate surface area is 114 Å². The van der Waals surface area contributed by atoms with Gasteiger partial charge in [0.05, 0.1) is 0 Å². The monoisotopic (exact) mass is 268 g/mol. The molecule has 100 valence electrons. The van der Waals surface area contributed by atoms with E-state index in [9.17, 15) is 0 Å². The summed E-state index contributed by atoms with van der Waals surface area (Å²) in [5.41, 5.74) is 6.38. The number of rotatable bonds is 4. The Morgan fingerprint density at radius 3 is 2.78 bits per heavy atom. The van der Waals surface area contributed by atoms with Crippen molar-refractivity contribution in [1.82, 2.24) is 9.88 Å². The lowest BCUT2D eigenvalue weighted by atomic mass is 9.97. The number of piperidine rings is 1. The Bertz CT molecular complexity index is 368. The molecule has 3 N–H and O–H groups in total. The lowest BCUT2D eigenvalue weighted by Crippen LogP contribution is -2.35. The van der Waals surface area contributed by atoms with Gasteiger partial charge in [0.2, 0.25) is 0 Å². The van der Waals surface area contributed by atoms with Gasteiger partial charge in [-0.15, -0.1) is 0 Å². The second kappa shape index (κ2) is 6.25. The molecular weight excluding hydrogens is 248 g/mol. The van der Waals surface area contributed by atoms with Gasteiger partial charge in [-0.25, -0.2) is 4.98 Å². The lowest BCUT2D eigenvalue weighted by Gasteiger charge is -2.31. The van der Waals surface area contributed by atoms with Crippen LogP contribution in [0, 0.1) is 5.92 Å². The summed E-state index contributed by atoms with van der Waals surface area (Å²) in [6.45, 7) is 6.73. The summed E-state index contributed by atoms with van der Waals surface area (Å²) >= 11 is 5.87. The Kier molecular flexibility index (Phi) is 4.66. The number of pyridine rings is 1. The summed E-state index contributed by atoms with van der Waals surface area (Å²) in [5.74, 6) is 1.49. The van der Waals surface area contributed by atoms with E-state index in [1.807, 2.05) is 6.07 Å². The van der Waals surface area contributed by atoms with Gasteiger partial charge in [-0.05, 0) is 44.5 Å². The van der Waals surface area contributed by atoms with Gasteiger partial charge >= 0.3 is 0 Å². The average molecular weight is 269 g/mol. The second-order valence-corrected chi connectivity index (χ2v) is 5.25. The van der Waals surface area contributed by atoms with E-state index in [0.29, 0.717) is 10.8 Å². The first kappa shape index (κ1) is 13.4. The Morgan fingerprint density at radius 2 is 2.17 bits per heavy atom. The van der Waals surface area contributed by atoms with Crippen molar-refractivity contribution in [2.24, 2.45) is 5.92 Å². The zero-order valence-corrected chi connectivity index (χ0v) is 11.6. The van der Waals surface area contributed by atoms with Crippen molar-refractivity contribution < 1.29 is 0 Å². The molecule has 1 aliphatic heterocycles. The minimum Gasteiger partial charge on any atom is -0.399 e. The average Bonchev–Trinajstić information content (AvgIpc) is 2.36. The van der Waals surface area contributed by atoms with Crippen molar-refractivity contribution in [3.8, 4) is 0 Å². The van der Waals surface area contributed by atoms with E-state index in [1.165, 1.54) is 25.9 Å². The van der Waals surface area contributed by atoms with E-state index >= 15 is 0 Å². The molecule has 0 atom stereocenters. The molecule has 0 unspecified atom stereocenters. The van der Waals surface area contributed by atoms with Crippen molar-refractivity contribution in [1.29, 1.82) is 0 Å². The number of likely N-dealkylation sites (tertiary alicyclic amines) is 1. The molecular formula is C13H21ClN4. The molecule has 4 nitrogen and oxygen atoms in total. The van der Waals surface area contributed by atoms with Gasteiger partial charge in [0.25, 0.3) is 0 Å². The minimum atomic E-state index is 0.443. The number of nitrogens with one attached hydrogen (secondary N) is 1. The summed E-state index contributed by atoms with van der Waals surface area (Å²) in [4.78, 5) is 6.71. The smallest absolute Gasteiger partial charge is 0.133 e. The third kappa shape index (κ3) is 3.75. The normalized spacial score (nSPS) is 17.9. The first-order valence-electron chi connectivity index (χ1n) is 6.56. The van der Waals surface area contributed by atoms with Crippen LogP contribution in [0.4, 0.5) is 11.5 Å². The molecule has 0 saturated carbocycles. The third-order valence-corrected chi connectivity index (χ3v) is 3.74. The molecule has 0 aromatic carbocycles. The number of nitrogens with zero attached hydrogens (tertiary/aromatic N) is 2. The number of halogens is 1. The summed E-state index contributed by atoms with van der Waals surface area (Å²) < 4.78 is 0. The number of nitrogen functional groups attached to an aromatic ring is 1. The van der Waals surface area contributed by atoms with Gasteiger partial charge in [0.1, 0.15) is 11.0 Å². The quantitative estimate of drug-likeness (QED) is 0.824. The second-order valence-electron chi connectivity index (χ2n) is 4.87. The van der Waals surface area contributed by atoms with Gasteiger partial charge in [0.15, 0.2) is 0 Å². The molecule has 0 radical (unpaired) electrons. The van der Waals surface area contributed by atoms with Gasteiger partial charge in [-0.3, -0.25) is 0 Å². The Balaban J connectivity index is 1.81. The van der Waals surface area contributed by atoms with E-state index in [1.54, 1.807) is 6.07 Å². The van der Waals surface area contributed by atoms with Crippen LogP contribution in [0.5, 0.6) is 0 Å². The van der Waals surface area contributed by atoms with Crippen molar-refractivity contribution in [2.75, 3.05) is 37.2 Å². The molecule has 2 rings (SSSR count). The molecule has 2 heterocycles. The highest BCUT2D eigenvalue weighted by Crippen LogP contribution is 2.19. The van der Waals surface area contributed by atoms with Gasteiger partial charge in [-0.2, -0.15) is 0 Å². The maximum absolute atomic E-state index is 5.87. The zero-order chi connectivity index (χ0) is 13.0. The summed E-state index contributed by atoms with van der Waals surface area (Å²) in [5, 5.41) is 3.78. The lowest BCUT2D eigenvalue weighted by molar-refractivity contribution is 0.198. The molecule has 5 heteroatoms. The fourth-order valence-corrected chi connectivity index (χ4v) is 2.58. The number of hydrogen-bond donors (Lipinski definition) is 2. The molecule has 1 fully saturated rings. The molecule has 0 spiro atoms. The van der Waals surface area contributed by atoms with Crippen molar-refractivity contribution in [2.45, 2.75) is 19.8 Å². The van der Waals surface area contributed by atoms with Crippen LogP contribution >= 0.6 is 11.6 Å². The Hall–Kier alpha value is -1.00. The number of hydrogen-bond acceptors (Lipinski definition) is 4. The maximum atomic E-state index is 5.87. The van der Waals surface area contributed by atoms with Crippen molar-refractivity contribution in [3.05, 3.63) is 17.3 Å². The van der Waals surface area contributed by atoms with E-state index < -0.39 is 0 Å². The highest BCUT2D eigenvalue weighted by molar-refractivity contribution is 6.29. The SMILES string of the molecule is CCN1CCC(CNc2cc(N)cc(Cl)n2)CC1. The summed E-state index contributed by atoms with van der Waals surface area (Å²) in [6.07, 6.45) is 2.49. The summed E-state index contributed by atoms with van der Waals surface area (Å²) in [7, 11) is 0. The Morgan fingerprint density at radius 1 is 1.44 bits per heavy atom. The fraction of sp³-hybridized carbons (Fsp3) is 0.615. The fourth-order valence-electron chi connectivity index (χ4n) is 2.36. The highest BCUT2D eigenvalue weighted by Gasteiger charge is 2.17. The van der Waals surface area contributed by atoms with E-state index in [2.05, 4.69) is 22.1 Å². The van der Waals surface area contributed by atoms with E-state index in [-0.39, 0.29) is 0 Å². The van der Waals surface area contributed by atoms with Crippen molar-refractivity contribution >= 4 is 23.1 Å². The predicted molar refractivity (Wildman–Crippen MR) is 77.0 cm³/mol. The van der Waals surface area contributed by atoms with Crippen LogP contribution in [0.25, 0.3) is 0 Å². The van der Waals surface area contributed by atoms with Crippen LogP contribution in [0.3, 0.4) is 0 Å². The van der Waals surface area contributed by atoms with E-state index in [4.69, 9.17) is 17.3 Å². The molecule has 0 bridgehead atoms. The first-order valence-corrected chi connectivity index (χ1v) is 6.94. The molecule has 1 aromatic rings. The molecule has 1 aromatic heterocycles. The van der Waals surface area contributed by atoms with Gasteiger partial charge in [0, 0.05) is 18.3 Å². The number of anilines is 2. The molecule has 18 heavy (non-hydrogen) atoms. The van der Waals surface area contributed by atoms with Crippen LogP contribution in [-0.2, 0) is 0 Å². The topological polar surface area (TPSA) is 54.2 Å². The molecule has 1 saturated heterocycles. The third-order valence-electron chi connectivity index (χ3n) is 3.54. The summed E-state index contributed by atoms with van der Waals surface area (Å²) in [6, 6.07) is 3.49. The number of aromatic nitrogens is 1. The first-order chi connectivity index (χ1) is 8.67. The van der Waals surface area contributed by atoms with Crippen LogP contribution < -0.4 is 11.1 Å². The molecule has 1 aliphatic rings. The standard InChI is InChI=1S/C13H21ClN4/c1-2-18-5-3-10(4-6-18)9-16-13-8-11(15)7-12(14)17-13/h7-8,10H,2-6,9H2,1H3,(H3,15,16,17). The van der Waals surface area contributed by atoms with Crippen LogP contribution in [0.15, 0.2) is 12.1 Å². The van der Waals surface area contributed by atoms with Crippen LogP contribution in [0.2, 0.25) is 5.15 Å². The van der Waals surface area contributed by atoms with Gasteiger partial charge in [-0.1, -0.05) is 18.5 Å². The molecule has 0 amide bonds. The number of nitrogens with two attached hydrogens (primary N) is 1. The highest BCUT2D eigenvalue weighted by atomic mass is 35.5. The largest absolute Gasteiger partial charge is 0.399 e. The van der Waals surface area contributed by atoms with E-state index in [0.717, 1.165) is 24.8 Å². The van der Waals surface area contributed by atoms with Crippen LogP contribution in [-0.4, -0.2) is 36.1 Å².